The summed E-state index contributed by atoms with van der Waals surface area (Å²) < 4.78 is 6.18. The summed E-state index contributed by atoms with van der Waals surface area (Å²) >= 11 is 0. The molecule has 0 saturated heterocycles. The summed E-state index contributed by atoms with van der Waals surface area (Å²) in [5.41, 5.74) is 2.31. The van der Waals surface area contributed by atoms with Crippen molar-refractivity contribution in [2.24, 2.45) is 0 Å². The molecule has 1 aliphatic carbocycles. The van der Waals surface area contributed by atoms with E-state index in [9.17, 15) is 5.11 Å². The highest BCUT2D eigenvalue weighted by Crippen LogP contribution is 2.40. The van der Waals surface area contributed by atoms with Crippen LogP contribution in [0.4, 0.5) is 0 Å². The zero-order valence-electron chi connectivity index (χ0n) is 13.7. The second-order valence-corrected chi connectivity index (χ2v) is 12.0. The van der Waals surface area contributed by atoms with E-state index in [1.54, 1.807) is 6.08 Å². The average molecular weight is 302 g/mol. The summed E-state index contributed by atoms with van der Waals surface area (Å²) in [5.74, 6) is -1.17. The van der Waals surface area contributed by atoms with E-state index in [0.717, 1.165) is 5.57 Å². The molecule has 0 heterocycles. The van der Waals surface area contributed by atoms with Gasteiger partial charge in [0, 0.05) is 6.42 Å². The summed E-state index contributed by atoms with van der Waals surface area (Å²) in [6, 6.07) is 10.2. The summed E-state index contributed by atoms with van der Waals surface area (Å²) in [5, 5.41) is 10.8. The van der Waals surface area contributed by atoms with Gasteiger partial charge in [0.1, 0.15) is 0 Å². The van der Waals surface area contributed by atoms with Crippen LogP contribution in [0.1, 0.15) is 32.8 Å². The van der Waals surface area contributed by atoms with Gasteiger partial charge in [-0.3, -0.25) is 0 Å². The molecular formula is C18H26O2Si. The van der Waals surface area contributed by atoms with Crippen LogP contribution < -0.4 is 0 Å². The Morgan fingerprint density at radius 3 is 2.24 bits per heavy atom. The van der Waals surface area contributed by atoms with Gasteiger partial charge in [0.2, 0.25) is 0 Å². The molecule has 1 aromatic carbocycles. The monoisotopic (exact) mass is 302 g/mol. The zero-order valence-corrected chi connectivity index (χ0v) is 14.7. The van der Waals surface area contributed by atoms with E-state index in [2.05, 4.69) is 52.1 Å². The Bertz CT molecular complexity index is 552. The molecule has 0 bridgehead atoms. The first-order chi connectivity index (χ1) is 9.63. The van der Waals surface area contributed by atoms with Gasteiger partial charge < -0.3 is 9.53 Å². The number of hydrogen-bond acceptors (Lipinski definition) is 2. The lowest BCUT2D eigenvalue weighted by molar-refractivity contribution is -0.102. The minimum absolute atomic E-state index is 0.0833. The molecule has 1 atom stereocenters. The Labute approximate surface area is 129 Å². The molecule has 114 valence electrons. The maximum atomic E-state index is 10.7. The number of rotatable bonds is 3. The number of allylic oxidation sites excluding steroid dienone is 2. The van der Waals surface area contributed by atoms with E-state index < -0.39 is 14.1 Å². The molecule has 0 fully saturated rings. The molecule has 3 heteroatoms. The smallest absolute Gasteiger partial charge is 0.196 e. The van der Waals surface area contributed by atoms with Crippen molar-refractivity contribution in [2.75, 3.05) is 0 Å². The molecule has 2 rings (SSSR count). The topological polar surface area (TPSA) is 29.5 Å². The molecule has 0 aromatic heterocycles. The van der Waals surface area contributed by atoms with Crippen molar-refractivity contribution in [2.45, 2.75) is 51.1 Å². The lowest BCUT2D eigenvalue weighted by atomic mass is 9.97. The quantitative estimate of drug-likeness (QED) is 0.645. The normalized spacial score (nSPS) is 23.0. The summed E-state index contributed by atoms with van der Waals surface area (Å²) in [7, 11) is -2.00. The van der Waals surface area contributed by atoms with Crippen molar-refractivity contribution in [3.8, 4) is 0 Å². The Morgan fingerprint density at radius 1 is 1.14 bits per heavy atom. The minimum atomic E-state index is -2.00. The Balaban J connectivity index is 2.13. The maximum absolute atomic E-state index is 10.7. The van der Waals surface area contributed by atoms with E-state index in [1.165, 1.54) is 5.56 Å². The number of hydrogen-bond donors (Lipinski definition) is 1. The van der Waals surface area contributed by atoms with E-state index in [-0.39, 0.29) is 5.04 Å². The highest BCUT2D eigenvalue weighted by atomic mass is 28.4. The predicted molar refractivity (Wildman–Crippen MR) is 91.4 cm³/mol. The second kappa shape index (κ2) is 5.56. The van der Waals surface area contributed by atoms with Crippen molar-refractivity contribution >= 4 is 13.9 Å². The van der Waals surface area contributed by atoms with Gasteiger partial charge in [-0.05, 0) is 35.3 Å². The lowest BCUT2D eigenvalue weighted by Gasteiger charge is -2.42. The van der Waals surface area contributed by atoms with Crippen molar-refractivity contribution < 1.29 is 9.53 Å². The second-order valence-electron chi connectivity index (χ2n) is 7.27. The van der Waals surface area contributed by atoms with Crippen LogP contribution >= 0.6 is 0 Å². The predicted octanol–water partition coefficient (Wildman–Crippen LogP) is 4.74. The highest BCUT2D eigenvalue weighted by molar-refractivity contribution is 6.74. The molecule has 0 radical (unpaired) electrons. The first-order valence-corrected chi connectivity index (χ1v) is 10.4. The third-order valence-corrected chi connectivity index (χ3v) is 8.96. The standard InChI is InChI=1S/C18H26O2Si/c1-17(2,3)21(4,5)20-18(19)13-11-16(12-14-18)15-9-7-6-8-10-15/h6-13,19H,14H2,1-5H3. The van der Waals surface area contributed by atoms with Crippen molar-refractivity contribution in [3.63, 3.8) is 0 Å². The fourth-order valence-corrected chi connectivity index (χ4v) is 3.47. The van der Waals surface area contributed by atoms with E-state index in [4.69, 9.17) is 4.43 Å². The molecule has 21 heavy (non-hydrogen) atoms. The summed E-state index contributed by atoms with van der Waals surface area (Å²) in [4.78, 5) is 0. The van der Waals surface area contributed by atoms with Gasteiger partial charge in [0.25, 0.3) is 0 Å². The van der Waals surface area contributed by atoms with Crippen molar-refractivity contribution in [1.29, 1.82) is 0 Å². The van der Waals surface area contributed by atoms with Crippen LogP contribution in [0, 0.1) is 0 Å². The van der Waals surface area contributed by atoms with Crippen molar-refractivity contribution in [3.05, 3.63) is 54.1 Å². The van der Waals surface area contributed by atoms with Gasteiger partial charge in [-0.1, -0.05) is 63.3 Å². The molecule has 0 saturated carbocycles. The van der Waals surface area contributed by atoms with Crippen molar-refractivity contribution in [1.82, 2.24) is 0 Å². The Morgan fingerprint density at radius 2 is 1.76 bits per heavy atom. The van der Waals surface area contributed by atoms with E-state index in [0.29, 0.717) is 6.42 Å². The molecule has 1 unspecified atom stereocenters. The van der Waals surface area contributed by atoms with Gasteiger partial charge in [-0.2, -0.15) is 0 Å². The van der Waals surface area contributed by atoms with Crippen LogP contribution in [-0.2, 0) is 4.43 Å². The Hall–Kier alpha value is -1.16. The Kier molecular flexibility index (Phi) is 4.29. The molecule has 1 aromatic rings. The molecule has 1 aliphatic rings. The molecule has 0 aliphatic heterocycles. The van der Waals surface area contributed by atoms with Crippen LogP contribution in [-0.4, -0.2) is 19.2 Å². The van der Waals surface area contributed by atoms with Gasteiger partial charge in [-0.15, -0.1) is 0 Å². The van der Waals surface area contributed by atoms with Gasteiger partial charge in [0.15, 0.2) is 14.1 Å². The van der Waals surface area contributed by atoms with Crippen LogP contribution in [0.15, 0.2) is 48.6 Å². The van der Waals surface area contributed by atoms with E-state index in [1.807, 2.05) is 24.3 Å². The maximum Gasteiger partial charge on any atom is 0.196 e. The molecule has 1 N–H and O–H groups in total. The third kappa shape index (κ3) is 3.73. The zero-order chi connectivity index (χ0) is 15.7. The van der Waals surface area contributed by atoms with E-state index >= 15 is 0 Å². The SMILES string of the molecule is CC(C)(C)[Si](C)(C)OC1(O)C=CC(c2ccccc2)=CC1. The van der Waals surface area contributed by atoms with Gasteiger partial charge in [0.05, 0.1) is 0 Å². The summed E-state index contributed by atoms with van der Waals surface area (Å²) in [6.45, 7) is 10.9. The van der Waals surface area contributed by atoms with Crippen LogP contribution in [0.2, 0.25) is 18.1 Å². The van der Waals surface area contributed by atoms with Crippen LogP contribution in [0.25, 0.3) is 5.57 Å². The molecule has 2 nitrogen and oxygen atoms in total. The van der Waals surface area contributed by atoms with Crippen LogP contribution in [0.3, 0.4) is 0 Å². The number of aliphatic hydroxyl groups is 1. The molecule has 0 amide bonds. The lowest BCUT2D eigenvalue weighted by Crippen LogP contribution is -2.49. The first kappa shape index (κ1) is 16.2. The third-order valence-electron chi connectivity index (χ3n) is 4.48. The largest absolute Gasteiger partial charge is 0.387 e. The van der Waals surface area contributed by atoms with Crippen LogP contribution in [0.5, 0.6) is 0 Å². The van der Waals surface area contributed by atoms with Gasteiger partial charge >= 0.3 is 0 Å². The van der Waals surface area contributed by atoms with Gasteiger partial charge in [-0.25, -0.2) is 0 Å². The summed E-state index contributed by atoms with van der Waals surface area (Å²) in [6.07, 6.45) is 6.32. The molecule has 0 spiro atoms. The first-order valence-electron chi connectivity index (χ1n) is 7.50. The minimum Gasteiger partial charge on any atom is -0.387 e. The number of benzene rings is 1. The fraction of sp³-hybridized carbons (Fsp3) is 0.444. The molecular weight excluding hydrogens is 276 g/mol. The highest BCUT2D eigenvalue weighted by Gasteiger charge is 2.43. The fourth-order valence-electron chi connectivity index (χ4n) is 2.13. The average Bonchev–Trinajstić information content (AvgIpc) is 2.38.